The molecule has 0 atom stereocenters. The van der Waals surface area contributed by atoms with E-state index >= 15 is 0 Å². The van der Waals surface area contributed by atoms with E-state index in [1.807, 2.05) is 6.92 Å². The fraction of sp³-hybridized carbons (Fsp3) is 0.667. The largest absolute Gasteiger partial charge is 0.396 e. The molecule has 0 saturated carbocycles. The molecule has 1 heterocycles. The molecule has 0 bridgehead atoms. The van der Waals surface area contributed by atoms with Gasteiger partial charge in [0, 0.05) is 19.7 Å². The minimum absolute atomic E-state index is 0.0339. The van der Waals surface area contributed by atoms with E-state index in [0.717, 1.165) is 0 Å². The number of rotatable bonds is 6. The maximum atomic E-state index is 11.8. The smallest absolute Gasteiger partial charge is 0.283 e. The molecule has 0 aliphatic heterocycles. The molecule has 0 aliphatic carbocycles. The first-order valence-electron chi connectivity index (χ1n) is 6.01. The van der Waals surface area contributed by atoms with Crippen molar-refractivity contribution in [3.8, 4) is 0 Å². The van der Waals surface area contributed by atoms with E-state index in [4.69, 9.17) is 5.11 Å². The predicted octanol–water partition coefficient (Wildman–Crippen LogP) is 1.85. The van der Waals surface area contributed by atoms with Crippen molar-refractivity contribution in [2.45, 2.75) is 33.7 Å². The van der Waals surface area contributed by atoms with Crippen LogP contribution in [0.2, 0.25) is 0 Å². The van der Waals surface area contributed by atoms with Crippen molar-refractivity contribution in [3.05, 3.63) is 21.0 Å². The van der Waals surface area contributed by atoms with E-state index in [9.17, 15) is 4.79 Å². The Kier molecular flexibility index (Phi) is 5.34. The van der Waals surface area contributed by atoms with Crippen LogP contribution in [0, 0.1) is 5.41 Å². The van der Waals surface area contributed by atoms with Crippen LogP contribution in [0.3, 0.4) is 0 Å². The summed E-state index contributed by atoms with van der Waals surface area (Å²) in [4.78, 5) is 11.8. The molecule has 102 valence electrons. The van der Waals surface area contributed by atoms with Crippen molar-refractivity contribution in [1.29, 1.82) is 0 Å². The SMILES string of the molecule is CCn1ncc(NCC(C)(C)CCO)c(Br)c1=O. The number of aliphatic hydroxyl groups is 1. The second-order valence-electron chi connectivity index (χ2n) is 4.98. The van der Waals surface area contributed by atoms with Crippen LogP contribution in [0.5, 0.6) is 0 Å². The van der Waals surface area contributed by atoms with Gasteiger partial charge in [0.1, 0.15) is 4.47 Å². The highest BCUT2D eigenvalue weighted by Gasteiger charge is 2.18. The molecule has 1 aromatic rings. The lowest BCUT2D eigenvalue weighted by atomic mass is 9.90. The highest BCUT2D eigenvalue weighted by atomic mass is 79.9. The van der Waals surface area contributed by atoms with E-state index in [-0.39, 0.29) is 17.6 Å². The average Bonchev–Trinajstić information content (AvgIpc) is 2.31. The van der Waals surface area contributed by atoms with Crippen molar-refractivity contribution in [3.63, 3.8) is 0 Å². The molecule has 5 nitrogen and oxygen atoms in total. The van der Waals surface area contributed by atoms with Crippen LogP contribution in [0.15, 0.2) is 15.5 Å². The van der Waals surface area contributed by atoms with Crippen molar-refractivity contribution >= 4 is 21.6 Å². The lowest BCUT2D eigenvalue weighted by molar-refractivity contribution is 0.220. The van der Waals surface area contributed by atoms with Crippen LogP contribution in [-0.2, 0) is 6.54 Å². The van der Waals surface area contributed by atoms with Gasteiger partial charge in [-0.15, -0.1) is 0 Å². The zero-order chi connectivity index (χ0) is 13.8. The standard InChI is InChI=1S/C12H20BrN3O2/c1-4-16-11(18)10(13)9(7-15-16)14-8-12(2,3)5-6-17/h7,14,17H,4-6,8H2,1-3H3. The quantitative estimate of drug-likeness (QED) is 0.840. The van der Waals surface area contributed by atoms with Gasteiger partial charge in [-0.1, -0.05) is 13.8 Å². The Labute approximate surface area is 115 Å². The number of nitrogens with one attached hydrogen (secondary N) is 1. The number of anilines is 1. The van der Waals surface area contributed by atoms with Gasteiger partial charge < -0.3 is 10.4 Å². The average molecular weight is 318 g/mol. The zero-order valence-corrected chi connectivity index (χ0v) is 12.6. The number of nitrogens with zero attached hydrogens (tertiary/aromatic N) is 2. The number of hydrogen-bond donors (Lipinski definition) is 2. The van der Waals surface area contributed by atoms with Crippen molar-refractivity contribution in [2.75, 3.05) is 18.5 Å². The zero-order valence-electron chi connectivity index (χ0n) is 11.0. The summed E-state index contributed by atoms with van der Waals surface area (Å²) in [6.07, 6.45) is 2.35. The molecule has 1 aromatic heterocycles. The third-order valence-electron chi connectivity index (χ3n) is 2.83. The monoisotopic (exact) mass is 317 g/mol. The summed E-state index contributed by atoms with van der Waals surface area (Å²) in [7, 11) is 0. The minimum atomic E-state index is -0.137. The molecule has 1 rings (SSSR count). The Morgan fingerprint density at radius 1 is 1.56 bits per heavy atom. The second kappa shape index (κ2) is 6.33. The third-order valence-corrected chi connectivity index (χ3v) is 3.60. The Balaban J connectivity index is 2.81. The van der Waals surface area contributed by atoms with Crippen molar-refractivity contribution in [1.82, 2.24) is 9.78 Å². The molecule has 18 heavy (non-hydrogen) atoms. The highest BCUT2D eigenvalue weighted by Crippen LogP contribution is 2.22. The van der Waals surface area contributed by atoms with Gasteiger partial charge in [0.05, 0.1) is 11.9 Å². The summed E-state index contributed by atoms with van der Waals surface area (Å²) in [5.74, 6) is 0. The molecule has 6 heteroatoms. The summed E-state index contributed by atoms with van der Waals surface area (Å²) in [6, 6.07) is 0. The number of hydrogen-bond acceptors (Lipinski definition) is 4. The van der Waals surface area contributed by atoms with Crippen LogP contribution in [0.1, 0.15) is 27.2 Å². The Hall–Kier alpha value is -0.880. The summed E-state index contributed by atoms with van der Waals surface area (Å²) < 4.78 is 1.90. The first kappa shape index (κ1) is 15.2. The van der Waals surface area contributed by atoms with Gasteiger partial charge >= 0.3 is 0 Å². The third kappa shape index (κ3) is 3.81. The van der Waals surface area contributed by atoms with Gasteiger partial charge in [-0.05, 0) is 34.7 Å². The van der Waals surface area contributed by atoms with Gasteiger partial charge in [-0.3, -0.25) is 4.79 Å². The van der Waals surface area contributed by atoms with Crippen LogP contribution in [-0.4, -0.2) is 28.0 Å². The highest BCUT2D eigenvalue weighted by molar-refractivity contribution is 9.10. The van der Waals surface area contributed by atoms with Gasteiger partial charge in [-0.25, -0.2) is 4.68 Å². The lowest BCUT2D eigenvalue weighted by Crippen LogP contribution is -2.27. The van der Waals surface area contributed by atoms with E-state index in [1.54, 1.807) is 6.20 Å². The number of halogens is 1. The summed E-state index contributed by atoms with van der Waals surface area (Å²) in [5.41, 5.74) is 0.520. The minimum Gasteiger partial charge on any atom is -0.396 e. The van der Waals surface area contributed by atoms with E-state index in [2.05, 4.69) is 40.2 Å². The van der Waals surface area contributed by atoms with Crippen molar-refractivity contribution < 1.29 is 5.11 Å². The molecule has 0 aliphatic rings. The van der Waals surface area contributed by atoms with Crippen LogP contribution in [0.25, 0.3) is 0 Å². The molecule has 0 aromatic carbocycles. The molecule has 0 spiro atoms. The molecule has 0 saturated heterocycles. The van der Waals surface area contributed by atoms with Gasteiger partial charge in [-0.2, -0.15) is 5.10 Å². The van der Waals surface area contributed by atoms with Crippen molar-refractivity contribution in [2.24, 2.45) is 5.41 Å². The summed E-state index contributed by atoms with van der Waals surface area (Å²) in [6.45, 7) is 7.37. The topological polar surface area (TPSA) is 67.2 Å². The van der Waals surface area contributed by atoms with E-state index < -0.39 is 0 Å². The Bertz CT molecular complexity index is 457. The summed E-state index contributed by atoms with van der Waals surface area (Å²) in [5, 5.41) is 16.2. The molecule has 2 N–H and O–H groups in total. The first-order valence-corrected chi connectivity index (χ1v) is 6.81. The number of aryl methyl sites for hydroxylation is 1. The molecular weight excluding hydrogens is 298 g/mol. The summed E-state index contributed by atoms with van der Waals surface area (Å²) >= 11 is 3.29. The fourth-order valence-electron chi connectivity index (χ4n) is 1.54. The molecule has 0 radical (unpaired) electrons. The van der Waals surface area contributed by atoms with Gasteiger partial charge in [0.15, 0.2) is 0 Å². The van der Waals surface area contributed by atoms with Crippen LogP contribution >= 0.6 is 15.9 Å². The van der Waals surface area contributed by atoms with Crippen LogP contribution in [0.4, 0.5) is 5.69 Å². The first-order chi connectivity index (χ1) is 8.41. The Morgan fingerprint density at radius 2 is 2.22 bits per heavy atom. The maximum Gasteiger partial charge on any atom is 0.283 e. The van der Waals surface area contributed by atoms with E-state index in [0.29, 0.717) is 29.7 Å². The Morgan fingerprint density at radius 3 is 2.78 bits per heavy atom. The maximum absolute atomic E-state index is 11.8. The predicted molar refractivity (Wildman–Crippen MR) is 75.8 cm³/mol. The molecular formula is C12H20BrN3O2. The van der Waals surface area contributed by atoms with Gasteiger partial charge in [0.25, 0.3) is 5.56 Å². The number of aliphatic hydroxyl groups excluding tert-OH is 1. The molecule has 0 unspecified atom stereocenters. The fourth-order valence-corrected chi connectivity index (χ4v) is 1.99. The normalized spacial score (nSPS) is 11.6. The second-order valence-corrected chi connectivity index (χ2v) is 5.78. The van der Waals surface area contributed by atoms with Gasteiger partial charge in [0.2, 0.25) is 0 Å². The van der Waals surface area contributed by atoms with Crippen LogP contribution < -0.4 is 10.9 Å². The molecule has 0 amide bonds. The number of aromatic nitrogens is 2. The lowest BCUT2D eigenvalue weighted by Gasteiger charge is -2.24. The molecule has 0 fully saturated rings. The van der Waals surface area contributed by atoms with E-state index in [1.165, 1.54) is 4.68 Å².